The Balaban J connectivity index is 1.86. The number of carbonyl (C=O) groups excluding carboxylic acids is 1. The Morgan fingerprint density at radius 2 is 2.35 bits per heavy atom. The van der Waals surface area contributed by atoms with Gasteiger partial charge in [0.2, 0.25) is 5.91 Å². The zero-order valence-corrected chi connectivity index (χ0v) is 9.87. The van der Waals surface area contributed by atoms with Crippen molar-refractivity contribution in [1.29, 1.82) is 0 Å². The minimum Gasteiger partial charge on any atom is -0.493 e. The molecule has 0 unspecified atom stereocenters. The Morgan fingerprint density at radius 1 is 1.47 bits per heavy atom. The third-order valence-corrected chi connectivity index (χ3v) is 2.86. The highest BCUT2D eigenvalue weighted by Gasteiger charge is 2.10. The van der Waals surface area contributed by atoms with Gasteiger partial charge in [-0.05, 0) is 43.0 Å². The summed E-state index contributed by atoms with van der Waals surface area (Å²) in [6.45, 7) is 1.84. The molecule has 0 saturated heterocycles. The normalized spacial score (nSPS) is 13.9. The van der Waals surface area contributed by atoms with Gasteiger partial charge < -0.3 is 15.8 Å². The van der Waals surface area contributed by atoms with Gasteiger partial charge in [0.05, 0.1) is 13.2 Å². The molecule has 1 heterocycles. The van der Waals surface area contributed by atoms with E-state index < -0.39 is 0 Å². The van der Waals surface area contributed by atoms with E-state index in [9.17, 15) is 4.79 Å². The molecule has 3 N–H and O–H groups in total. The molecule has 0 fully saturated rings. The Kier molecular flexibility index (Phi) is 3.98. The molecule has 17 heavy (non-hydrogen) atoms. The summed E-state index contributed by atoms with van der Waals surface area (Å²) >= 11 is 0. The van der Waals surface area contributed by atoms with Gasteiger partial charge in [-0.2, -0.15) is 0 Å². The number of aryl methyl sites for hydroxylation is 1. The highest BCUT2D eigenvalue weighted by Crippen LogP contribution is 2.25. The quantitative estimate of drug-likeness (QED) is 0.734. The van der Waals surface area contributed by atoms with Gasteiger partial charge in [0, 0.05) is 0 Å². The number of rotatable bonds is 5. The molecule has 92 valence electrons. The van der Waals surface area contributed by atoms with Gasteiger partial charge in [-0.1, -0.05) is 12.1 Å². The Morgan fingerprint density at radius 3 is 3.18 bits per heavy atom. The van der Waals surface area contributed by atoms with Crippen molar-refractivity contribution in [2.24, 2.45) is 5.73 Å². The molecule has 1 aliphatic heterocycles. The van der Waals surface area contributed by atoms with E-state index >= 15 is 0 Å². The summed E-state index contributed by atoms with van der Waals surface area (Å²) < 4.78 is 5.56. The zero-order valence-electron chi connectivity index (χ0n) is 9.87. The number of ether oxygens (including phenoxy) is 1. The maximum Gasteiger partial charge on any atom is 0.231 e. The number of nitrogens with two attached hydrogens (primary N) is 1. The smallest absolute Gasteiger partial charge is 0.231 e. The van der Waals surface area contributed by atoms with Gasteiger partial charge in [-0.15, -0.1) is 0 Å². The van der Waals surface area contributed by atoms with Crippen LogP contribution in [-0.4, -0.2) is 25.6 Å². The van der Waals surface area contributed by atoms with Crippen LogP contribution in [0.3, 0.4) is 0 Å². The van der Waals surface area contributed by atoms with Crippen molar-refractivity contribution < 1.29 is 9.53 Å². The van der Waals surface area contributed by atoms with E-state index in [-0.39, 0.29) is 12.5 Å². The molecule has 0 saturated carbocycles. The van der Waals surface area contributed by atoms with Crippen LogP contribution in [0.2, 0.25) is 0 Å². The maximum absolute atomic E-state index is 10.5. The monoisotopic (exact) mass is 234 g/mol. The van der Waals surface area contributed by atoms with E-state index in [1.807, 2.05) is 6.07 Å². The summed E-state index contributed by atoms with van der Waals surface area (Å²) in [5.74, 6) is 0.703. The Hall–Kier alpha value is -1.55. The summed E-state index contributed by atoms with van der Waals surface area (Å²) in [6, 6.07) is 6.31. The van der Waals surface area contributed by atoms with Gasteiger partial charge in [0.1, 0.15) is 5.75 Å². The van der Waals surface area contributed by atoms with Crippen LogP contribution in [-0.2, 0) is 17.6 Å². The molecule has 0 bridgehead atoms. The SMILES string of the molecule is NC(=O)CNCCc1ccc2c(c1)CCCO2. The van der Waals surface area contributed by atoms with Gasteiger partial charge in [0.15, 0.2) is 0 Å². The molecule has 1 amide bonds. The van der Waals surface area contributed by atoms with E-state index in [0.717, 1.165) is 38.2 Å². The number of amides is 1. The minimum atomic E-state index is -0.316. The first kappa shape index (κ1) is 11.9. The highest BCUT2D eigenvalue weighted by molar-refractivity contribution is 5.75. The number of hydrogen-bond donors (Lipinski definition) is 2. The fourth-order valence-corrected chi connectivity index (χ4v) is 2.01. The largest absolute Gasteiger partial charge is 0.493 e. The molecule has 0 aromatic heterocycles. The van der Waals surface area contributed by atoms with Crippen molar-refractivity contribution in [3.63, 3.8) is 0 Å². The summed E-state index contributed by atoms with van der Waals surface area (Å²) in [4.78, 5) is 10.5. The zero-order chi connectivity index (χ0) is 12.1. The Labute approximate surface area is 101 Å². The first-order chi connectivity index (χ1) is 8.25. The van der Waals surface area contributed by atoms with Crippen LogP contribution in [0.25, 0.3) is 0 Å². The van der Waals surface area contributed by atoms with E-state index in [2.05, 4.69) is 17.4 Å². The van der Waals surface area contributed by atoms with E-state index in [4.69, 9.17) is 10.5 Å². The summed E-state index contributed by atoms with van der Waals surface area (Å²) in [5, 5.41) is 3.01. The van der Waals surface area contributed by atoms with Crippen molar-refractivity contribution in [2.75, 3.05) is 19.7 Å². The minimum absolute atomic E-state index is 0.244. The summed E-state index contributed by atoms with van der Waals surface area (Å²) in [6.07, 6.45) is 3.09. The van der Waals surface area contributed by atoms with E-state index in [0.29, 0.717) is 0 Å². The predicted octanol–water partition coefficient (Wildman–Crippen LogP) is 0.629. The van der Waals surface area contributed by atoms with Gasteiger partial charge in [0.25, 0.3) is 0 Å². The molecular formula is C13H18N2O2. The second-order valence-electron chi connectivity index (χ2n) is 4.29. The molecule has 4 heteroatoms. The second kappa shape index (κ2) is 5.68. The molecule has 0 aliphatic carbocycles. The molecule has 0 spiro atoms. The number of fused-ring (bicyclic) bond motifs is 1. The maximum atomic E-state index is 10.5. The number of nitrogens with one attached hydrogen (secondary N) is 1. The van der Waals surface area contributed by atoms with Crippen molar-refractivity contribution in [1.82, 2.24) is 5.32 Å². The molecule has 1 aromatic carbocycles. The van der Waals surface area contributed by atoms with Crippen molar-refractivity contribution in [3.8, 4) is 5.75 Å². The molecule has 0 radical (unpaired) electrons. The van der Waals surface area contributed by atoms with Crippen molar-refractivity contribution in [2.45, 2.75) is 19.3 Å². The van der Waals surface area contributed by atoms with Crippen LogP contribution in [0, 0.1) is 0 Å². The molecule has 1 aliphatic rings. The van der Waals surface area contributed by atoms with Gasteiger partial charge in [-0.3, -0.25) is 4.79 Å². The first-order valence-corrected chi connectivity index (χ1v) is 5.99. The van der Waals surface area contributed by atoms with E-state index in [1.165, 1.54) is 11.1 Å². The third-order valence-electron chi connectivity index (χ3n) is 2.86. The third kappa shape index (κ3) is 3.46. The van der Waals surface area contributed by atoms with Crippen LogP contribution >= 0.6 is 0 Å². The molecule has 4 nitrogen and oxygen atoms in total. The van der Waals surface area contributed by atoms with Gasteiger partial charge in [-0.25, -0.2) is 0 Å². The number of hydrogen-bond acceptors (Lipinski definition) is 3. The molecule has 0 atom stereocenters. The van der Waals surface area contributed by atoms with Crippen LogP contribution in [0.4, 0.5) is 0 Å². The lowest BCUT2D eigenvalue weighted by atomic mass is 10.0. The molecular weight excluding hydrogens is 216 g/mol. The fraction of sp³-hybridized carbons (Fsp3) is 0.462. The standard InChI is InChI=1S/C13H18N2O2/c14-13(16)9-15-6-5-10-3-4-12-11(8-10)2-1-7-17-12/h3-4,8,15H,1-2,5-7,9H2,(H2,14,16). The number of benzene rings is 1. The fourth-order valence-electron chi connectivity index (χ4n) is 2.01. The van der Waals surface area contributed by atoms with Crippen LogP contribution < -0.4 is 15.8 Å². The van der Waals surface area contributed by atoms with Crippen LogP contribution in [0.5, 0.6) is 5.75 Å². The summed E-state index contributed by atoms with van der Waals surface area (Å²) in [7, 11) is 0. The lowest BCUT2D eigenvalue weighted by molar-refractivity contribution is -0.117. The van der Waals surface area contributed by atoms with Gasteiger partial charge >= 0.3 is 0 Å². The Bertz CT molecular complexity index is 404. The number of carbonyl (C=O) groups is 1. The first-order valence-electron chi connectivity index (χ1n) is 5.99. The number of primary amides is 1. The van der Waals surface area contributed by atoms with Crippen LogP contribution in [0.15, 0.2) is 18.2 Å². The lowest BCUT2D eigenvalue weighted by Crippen LogP contribution is -2.29. The highest BCUT2D eigenvalue weighted by atomic mass is 16.5. The molecule has 1 aromatic rings. The van der Waals surface area contributed by atoms with Crippen LogP contribution in [0.1, 0.15) is 17.5 Å². The average Bonchev–Trinajstić information content (AvgIpc) is 2.34. The van der Waals surface area contributed by atoms with Crippen molar-refractivity contribution >= 4 is 5.91 Å². The summed E-state index contributed by atoms with van der Waals surface area (Å²) in [5.41, 5.74) is 7.61. The van der Waals surface area contributed by atoms with E-state index in [1.54, 1.807) is 0 Å². The second-order valence-corrected chi connectivity index (χ2v) is 4.29. The lowest BCUT2D eigenvalue weighted by Gasteiger charge is -2.17. The predicted molar refractivity (Wildman–Crippen MR) is 66.0 cm³/mol. The molecule has 2 rings (SSSR count). The topological polar surface area (TPSA) is 64.4 Å². The average molecular weight is 234 g/mol. The van der Waals surface area contributed by atoms with Crippen molar-refractivity contribution in [3.05, 3.63) is 29.3 Å².